The maximum atomic E-state index is 12.0. The molecule has 0 N–H and O–H groups in total. The van der Waals surface area contributed by atoms with Gasteiger partial charge in [-0.2, -0.15) is 0 Å². The number of aryl methyl sites for hydroxylation is 4. The molecule has 0 saturated heterocycles. The third-order valence-electron chi connectivity index (χ3n) is 4.76. The van der Waals surface area contributed by atoms with Gasteiger partial charge < -0.3 is 9.47 Å². The van der Waals surface area contributed by atoms with Crippen LogP contribution in [0.4, 0.5) is 0 Å². The lowest BCUT2D eigenvalue weighted by Crippen LogP contribution is -2.10. The second kappa shape index (κ2) is 10.4. The van der Waals surface area contributed by atoms with Crippen LogP contribution in [-0.2, 0) is 22.4 Å². The van der Waals surface area contributed by atoms with Crippen molar-refractivity contribution in [2.24, 2.45) is 0 Å². The van der Waals surface area contributed by atoms with Crippen LogP contribution in [0.15, 0.2) is 72.8 Å². The third-order valence-corrected chi connectivity index (χ3v) is 4.76. The number of carbonyl (C=O) groups is 2. The monoisotopic (exact) mass is 402 g/mol. The minimum absolute atomic E-state index is 0.293. The Morgan fingerprint density at radius 3 is 1.23 bits per heavy atom. The molecule has 4 heteroatoms. The van der Waals surface area contributed by atoms with Crippen LogP contribution in [0.1, 0.15) is 35.1 Å². The van der Waals surface area contributed by atoms with Gasteiger partial charge in [-0.15, -0.1) is 0 Å². The molecule has 4 nitrogen and oxygen atoms in total. The van der Waals surface area contributed by atoms with Crippen LogP contribution in [0, 0.1) is 13.8 Å². The van der Waals surface area contributed by atoms with Crippen molar-refractivity contribution in [2.75, 3.05) is 0 Å². The molecular formula is C26H26O4. The van der Waals surface area contributed by atoms with Crippen molar-refractivity contribution in [3.63, 3.8) is 0 Å². The van der Waals surface area contributed by atoms with E-state index in [0.29, 0.717) is 37.2 Å². The second-order valence-electron chi connectivity index (χ2n) is 7.39. The second-order valence-corrected chi connectivity index (χ2v) is 7.39. The maximum Gasteiger partial charge on any atom is 0.311 e. The van der Waals surface area contributed by atoms with E-state index < -0.39 is 0 Å². The third kappa shape index (κ3) is 6.89. The Bertz CT molecular complexity index is 889. The van der Waals surface area contributed by atoms with Gasteiger partial charge in [0.1, 0.15) is 11.5 Å². The minimum Gasteiger partial charge on any atom is -0.427 e. The standard InChI is InChI=1S/C26H26O4/c1-19-3-7-21(8-4-19)11-17-25(27)29-23-13-15-24(16-14-23)30-26(28)18-12-22-9-5-20(2)6-10-22/h3-10,13-16H,11-12,17-18H2,1-2H3. The topological polar surface area (TPSA) is 52.6 Å². The molecule has 0 spiro atoms. The summed E-state index contributed by atoms with van der Waals surface area (Å²) in [6.45, 7) is 4.06. The molecule has 0 unspecified atom stereocenters. The van der Waals surface area contributed by atoms with Gasteiger partial charge in [-0.25, -0.2) is 0 Å². The van der Waals surface area contributed by atoms with Crippen molar-refractivity contribution >= 4 is 11.9 Å². The Morgan fingerprint density at radius 1 is 0.567 bits per heavy atom. The maximum absolute atomic E-state index is 12.0. The molecule has 0 aliphatic carbocycles. The summed E-state index contributed by atoms with van der Waals surface area (Å²) in [6.07, 6.45) is 1.88. The van der Waals surface area contributed by atoms with E-state index >= 15 is 0 Å². The van der Waals surface area contributed by atoms with Gasteiger partial charge in [-0.1, -0.05) is 59.7 Å². The predicted molar refractivity (Wildman–Crippen MR) is 117 cm³/mol. The quantitative estimate of drug-likeness (QED) is 0.375. The van der Waals surface area contributed by atoms with Crippen molar-refractivity contribution in [1.29, 1.82) is 0 Å². The molecule has 0 heterocycles. The van der Waals surface area contributed by atoms with E-state index in [2.05, 4.69) is 0 Å². The Balaban J connectivity index is 1.42. The molecule has 0 saturated carbocycles. The van der Waals surface area contributed by atoms with E-state index in [0.717, 1.165) is 11.1 Å². The normalized spacial score (nSPS) is 10.5. The number of ether oxygens (including phenoxy) is 2. The highest BCUT2D eigenvalue weighted by Crippen LogP contribution is 2.19. The highest BCUT2D eigenvalue weighted by atomic mass is 16.5. The zero-order valence-corrected chi connectivity index (χ0v) is 17.4. The van der Waals surface area contributed by atoms with Gasteiger partial charge in [-0.05, 0) is 62.1 Å². The van der Waals surface area contributed by atoms with Gasteiger partial charge in [0.05, 0.1) is 0 Å². The Labute approximate surface area is 177 Å². The van der Waals surface area contributed by atoms with E-state index in [-0.39, 0.29) is 11.9 Å². The Morgan fingerprint density at radius 2 is 0.900 bits per heavy atom. The lowest BCUT2D eigenvalue weighted by molar-refractivity contribution is -0.135. The first-order chi connectivity index (χ1) is 14.5. The summed E-state index contributed by atoms with van der Waals surface area (Å²) >= 11 is 0. The van der Waals surface area contributed by atoms with Gasteiger partial charge in [0, 0.05) is 12.8 Å². The molecule has 3 aromatic carbocycles. The van der Waals surface area contributed by atoms with Crippen molar-refractivity contribution in [1.82, 2.24) is 0 Å². The summed E-state index contributed by atoms with van der Waals surface area (Å²) in [6, 6.07) is 22.7. The fourth-order valence-corrected chi connectivity index (χ4v) is 2.94. The van der Waals surface area contributed by atoms with E-state index in [1.807, 2.05) is 62.4 Å². The highest BCUT2D eigenvalue weighted by Gasteiger charge is 2.08. The average Bonchev–Trinajstić information content (AvgIpc) is 2.74. The van der Waals surface area contributed by atoms with E-state index in [1.165, 1.54) is 11.1 Å². The number of rotatable bonds is 8. The van der Waals surface area contributed by atoms with Gasteiger partial charge >= 0.3 is 11.9 Å². The summed E-state index contributed by atoms with van der Waals surface area (Å²) in [5.74, 6) is 0.281. The number of hydrogen-bond acceptors (Lipinski definition) is 4. The van der Waals surface area contributed by atoms with E-state index in [9.17, 15) is 9.59 Å². The molecule has 0 amide bonds. The SMILES string of the molecule is Cc1ccc(CCC(=O)Oc2ccc(OC(=O)CCc3ccc(C)cc3)cc2)cc1. The molecule has 0 aromatic heterocycles. The predicted octanol–water partition coefficient (Wildman–Crippen LogP) is 5.38. The zero-order valence-electron chi connectivity index (χ0n) is 17.4. The van der Waals surface area contributed by atoms with E-state index in [4.69, 9.17) is 9.47 Å². The molecular weight excluding hydrogens is 376 g/mol. The Kier molecular flexibility index (Phi) is 7.39. The lowest BCUT2D eigenvalue weighted by Gasteiger charge is -2.07. The van der Waals surface area contributed by atoms with Crippen LogP contribution >= 0.6 is 0 Å². The molecule has 0 bridgehead atoms. The molecule has 0 radical (unpaired) electrons. The fraction of sp³-hybridized carbons (Fsp3) is 0.231. The number of hydrogen-bond donors (Lipinski definition) is 0. The van der Waals surface area contributed by atoms with Crippen LogP contribution in [0.2, 0.25) is 0 Å². The number of esters is 2. The molecule has 3 aromatic rings. The molecule has 0 atom stereocenters. The molecule has 0 aliphatic heterocycles. The largest absolute Gasteiger partial charge is 0.427 e. The molecule has 154 valence electrons. The molecule has 3 rings (SSSR count). The summed E-state index contributed by atoms with van der Waals surface area (Å²) in [5, 5.41) is 0. The first-order valence-electron chi connectivity index (χ1n) is 10.1. The summed E-state index contributed by atoms with van der Waals surface area (Å²) in [5.41, 5.74) is 4.59. The van der Waals surface area contributed by atoms with Crippen LogP contribution < -0.4 is 9.47 Å². The van der Waals surface area contributed by atoms with E-state index in [1.54, 1.807) is 24.3 Å². The van der Waals surface area contributed by atoms with Gasteiger partial charge in [0.15, 0.2) is 0 Å². The summed E-state index contributed by atoms with van der Waals surface area (Å²) < 4.78 is 10.7. The summed E-state index contributed by atoms with van der Waals surface area (Å²) in [7, 11) is 0. The van der Waals surface area contributed by atoms with Gasteiger partial charge in [0.2, 0.25) is 0 Å². The van der Waals surface area contributed by atoms with Crippen molar-refractivity contribution in [2.45, 2.75) is 39.5 Å². The zero-order chi connectivity index (χ0) is 21.3. The smallest absolute Gasteiger partial charge is 0.311 e. The molecule has 0 fully saturated rings. The van der Waals surface area contributed by atoms with Crippen LogP contribution in [0.25, 0.3) is 0 Å². The Hall–Kier alpha value is -3.40. The highest BCUT2D eigenvalue weighted by molar-refractivity contribution is 5.74. The van der Waals surface area contributed by atoms with Gasteiger partial charge in [-0.3, -0.25) is 9.59 Å². The van der Waals surface area contributed by atoms with Crippen molar-refractivity contribution < 1.29 is 19.1 Å². The van der Waals surface area contributed by atoms with Gasteiger partial charge in [0.25, 0.3) is 0 Å². The fourth-order valence-electron chi connectivity index (χ4n) is 2.94. The first-order valence-corrected chi connectivity index (χ1v) is 10.1. The molecule has 30 heavy (non-hydrogen) atoms. The van der Waals surface area contributed by atoms with Crippen LogP contribution in [0.3, 0.4) is 0 Å². The summed E-state index contributed by atoms with van der Waals surface area (Å²) in [4.78, 5) is 24.1. The lowest BCUT2D eigenvalue weighted by atomic mass is 10.1. The van der Waals surface area contributed by atoms with Crippen molar-refractivity contribution in [3.8, 4) is 11.5 Å². The van der Waals surface area contributed by atoms with Crippen LogP contribution in [0.5, 0.6) is 11.5 Å². The van der Waals surface area contributed by atoms with Crippen LogP contribution in [-0.4, -0.2) is 11.9 Å². The number of benzene rings is 3. The minimum atomic E-state index is -0.293. The number of carbonyl (C=O) groups excluding carboxylic acids is 2. The average molecular weight is 402 g/mol. The first kappa shape index (κ1) is 21.3. The molecule has 0 aliphatic rings. The van der Waals surface area contributed by atoms with Crippen molar-refractivity contribution in [3.05, 3.63) is 95.1 Å².